The molecule has 2 aromatic rings. The Morgan fingerprint density at radius 1 is 1.28 bits per heavy atom. The topological polar surface area (TPSA) is 37.8 Å². The first kappa shape index (κ1) is 13.2. The van der Waals surface area contributed by atoms with Gasteiger partial charge in [-0.25, -0.2) is 9.97 Å². The largest absolute Gasteiger partial charge is 0.305 e. The highest BCUT2D eigenvalue weighted by atomic mass is 32.1. The summed E-state index contributed by atoms with van der Waals surface area (Å²) in [4.78, 5) is 9.65. The number of aryl methyl sites for hydroxylation is 1. The molecule has 1 atom stereocenters. The van der Waals surface area contributed by atoms with Crippen LogP contribution in [0.5, 0.6) is 0 Å². The van der Waals surface area contributed by atoms with Crippen molar-refractivity contribution in [1.82, 2.24) is 15.3 Å². The predicted octanol–water partition coefficient (Wildman–Crippen LogP) is 3.19. The molecule has 0 fully saturated rings. The smallest absolute Gasteiger partial charge is 0.115 e. The average Bonchev–Trinajstić information content (AvgIpc) is 2.89. The molecule has 2 rings (SSSR count). The van der Waals surface area contributed by atoms with Crippen LogP contribution in [0.25, 0.3) is 0 Å². The quantitative estimate of drug-likeness (QED) is 0.868. The Morgan fingerprint density at radius 2 is 2.06 bits per heavy atom. The number of hydrogen-bond donors (Lipinski definition) is 1. The molecular weight excluding hydrogens is 242 g/mol. The van der Waals surface area contributed by atoms with Crippen LogP contribution in [-0.4, -0.2) is 16.5 Å². The third-order valence-corrected chi connectivity index (χ3v) is 3.96. The minimum absolute atomic E-state index is 0.223. The minimum atomic E-state index is 0.223. The third kappa shape index (κ3) is 2.94. The second-order valence-corrected chi connectivity index (χ2v) is 5.17. The van der Waals surface area contributed by atoms with Gasteiger partial charge < -0.3 is 5.32 Å². The lowest BCUT2D eigenvalue weighted by Gasteiger charge is -2.18. The van der Waals surface area contributed by atoms with E-state index >= 15 is 0 Å². The number of nitrogens with one attached hydrogen (secondary N) is 1. The highest BCUT2D eigenvalue weighted by Crippen LogP contribution is 2.29. The highest BCUT2D eigenvalue weighted by Gasteiger charge is 2.17. The summed E-state index contributed by atoms with van der Waals surface area (Å²) in [6, 6.07) is 2.44. The molecule has 0 aromatic carbocycles. The van der Waals surface area contributed by atoms with Crippen LogP contribution < -0.4 is 5.32 Å². The van der Waals surface area contributed by atoms with Crippen molar-refractivity contribution >= 4 is 11.3 Å². The van der Waals surface area contributed by atoms with Gasteiger partial charge in [0.25, 0.3) is 0 Å². The monoisotopic (exact) mass is 261 g/mol. The highest BCUT2D eigenvalue weighted by molar-refractivity contribution is 7.10. The van der Waals surface area contributed by atoms with Crippen molar-refractivity contribution in [3.05, 3.63) is 46.2 Å². The van der Waals surface area contributed by atoms with Crippen LogP contribution in [0.2, 0.25) is 0 Å². The Morgan fingerprint density at radius 3 is 2.72 bits per heavy atom. The van der Waals surface area contributed by atoms with Crippen LogP contribution in [0.4, 0.5) is 0 Å². The summed E-state index contributed by atoms with van der Waals surface area (Å²) in [5.41, 5.74) is 2.56. The van der Waals surface area contributed by atoms with Gasteiger partial charge in [-0.2, -0.15) is 0 Å². The van der Waals surface area contributed by atoms with E-state index in [2.05, 4.69) is 40.6 Å². The Hall–Kier alpha value is -1.26. The molecule has 2 heterocycles. The molecule has 0 aliphatic rings. The molecule has 96 valence electrons. The van der Waals surface area contributed by atoms with Crippen molar-refractivity contribution in [2.24, 2.45) is 0 Å². The Bertz CT molecular complexity index is 467. The van der Waals surface area contributed by atoms with Gasteiger partial charge >= 0.3 is 0 Å². The zero-order chi connectivity index (χ0) is 12.8. The van der Waals surface area contributed by atoms with Crippen molar-refractivity contribution in [2.75, 3.05) is 6.54 Å². The van der Waals surface area contributed by atoms with E-state index in [9.17, 15) is 0 Å². The molecule has 2 aromatic heterocycles. The summed E-state index contributed by atoms with van der Waals surface area (Å²) >= 11 is 1.81. The third-order valence-electron chi connectivity index (χ3n) is 2.94. The van der Waals surface area contributed by atoms with Gasteiger partial charge in [0.05, 0.1) is 6.04 Å². The Labute approximate surface area is 112 Å². The van der Waals surface area contributed by atoms with Crippen LogP contribution in [0.3, 0.4) is 0 Å². The lowest BCUT2D eigenvalue weighted by molar-refractivity contribution is 0.599. The van der Waals surface area contributed by atoms with Gasteiger partial charge in [-0.3, -0.25) is 0 Å². The molecule has 0 aliphatic carbocycles. The van der Waals surface area contributed by atoms with E-state index < -0.39 is 0 Å². The van der Waals surface area contributed by atoms with E-state index in [0.717, 1.165) is 24.9 Å². The minimum Gasteiger partial charge on any atom is -0.305 e. The average molecular weight is 261 g/mol. The summed E-state index contributed by atoms with van der Waals surface area (Å²) in [6.45, 7) is 5.38. The molecule has 18 heavy (non-hydrogen) atoms. The molecule has 0 aliphatic heterocycles. The molecule has 4 heteroatoms. The number of aromatic nitrogens is 2. The van der Waals surface area contributed by atoms with E-state index in [1.807, 2.05) is 23.7 Å². The van der Waals surface area contributed by atoms with Crippen LogP contribution in [-0.2, 0) is 6.42 Å². The molecule has 1 N–H and O–H groups in total. The maximum Gasteiger partial charge on any atom is 0.115 e. The van der Waals surface area contributed by atoms with Crippen molar-refractivity contribution in [2.45, 2.75) is 32.7 Å². The van der Waals surface area contributed by atoms with E-state index in [4.69, 9.17) is 0 Å². The lowest BCUT2D eigenvalue weighted by atomic mass is 10.0. The molecule has 0 bridgehead atoms. The second kappa shape index (κ2) is 6.61. The van der Waals surface area contributed by atoms with Gasteiger partial charge in [-0.05, 0) is 36.4 Å². The first-order valence-electron chi connectivity index (χ1n) is 6.41. The van der Waals surface area contributed by atoms with Crippen LogP contribution in [0.1, 0.15) is 42.3 Å². The standard InChI is InChI=1S/C14H19N3S/c1-3-6-17-13(12-8-15-10-16-9-12)14-11(4-2)5-7-18-14/h5,7-10,13,17H,3-4,6H2,1-2H3. The fourth-order valence-electron chi connectivity index (χ4n) is 2.00. The van der Waals surface area contributed by atoms with Crippen molar-refractivity contribution < 1.29 is 0 Å². The molecule has 0 spiro atoms. The molecule has 0 saturated heterocycles. The summed E-state index contributed by atoms with van der Waals surface area (Å²) in [5.74, 6) is 0. The number of nitrogens with zero attached hydrogens (tertiary/aromatic N) is 2. The summed E-state index contributed by atoms with van der Waals surface area (Å²) in [6.07, 6.45) is 7.57. The molecule has 1 unspecified atom stereocenters. The predicted molar refractivity (Wildman–Crippen MR) is 75.9 cm³/mol. The van der Waals surface area contributed by atoms with Gasteiger partial charge in [0.15, 0.2) is 0 Å². The number of rotatable bonds is 6. The van der Waals surface area contributed by atoms with Crippen molar-refractivity contribution in [3.8, 4) is 0 Å². The van der Waals surface area contributed by atoms with Crippen molar-refractivity contribution in [3.63, 3.8) is 0 Å². The van der Waals surface area contributed by atoms with Crippen LogP contribution in [0.15, 0.2) is 30.2 Å². The van der Waals surface area contributed by atoms with E-state index in [1.54, 1.807) is 6.33 Å². The first-order chi connectivity index (χ1) is 8.86. The molecule has 0 radical (unpaired) electrons. The Kier molecular flexibility index (Phi) is 4.84. The molecule has 3 nitrogen and oxygen atoms in total. The number of thiophene rings is 1. The fraction of sp³-hybridized carbons (Fsp3) is 0.429. The van der Waals surface area contributed by atoms with Crippen LogP contribution >= 0.6 is 11.3 Å². The van der Waals surface area contributed by atoms with Gasteiger partial charge in [-0.15, -0.1) is 11.3 Å². The van der Waals surface area contributed by atoms with E-state index in [0.29, 0.717) is 0 Å². The van der Waals surface area contributed by atoms with Gasteiger partial charge in [-0.1, -0.05) is 13.8 Å². The SMILES string of the molecule is CCCNC(c1cncnc1)c1sccc1CC. The second-order valence-electron chi connectivity index (χ2n) is 4.22. The van der Waals surface area contributed by atoms with Crippen molar-refractivity contribution in [1.29, 1.82) is 0 Å². The van der Waals surface area contributed by atoms with E-state index in [1.165, 1.54) is 10.4 Å². The lowest BCUT2D eigenvalue weighted by Crippen LogP contribution is -2.23. The summed E-state index contributed by atoms with van der Waals surface area (Å²) < 4.78 is 0. The summed E-state index contributed by atoms with van der Waals surface area (Å²) in [7, 11) is 0. The fourth-order valence-corrected chi connectivity index (χ4v) is 3.10. The summed E-state index contributed by atoms with van der Waals surface area (Å²) in [5, 5.41) is 5.76. The van der Waals surface area contributed by atoms with Gasteiger partial charge in [0, 0.05) is 22.8 Å². The normalized spacial score (nSPS) is 12.6. The Balaban J connectivity index is 2.31. The maximum absolute atomic E-state index is 4.13. The van der Waals surface area contributed by atoms with Gasteiger partial charge in [0.1, 0.15) is 6.33 Å². The van der Waals surface area contributed by atoms with Gasteiger partial charge in [0.2, 0.25) is 0 Å². The zero-order valence-corrected chi connectivity index (χ0v) is 11.7. The molecule has 0 amide bonds. The van der Waals surface area contributed by atoms with E-state index in [-0.39, 0.29) is 6.04 Å². The number of hydrogen-bond acceptors (Lipinski definition) is 4. The maximum atomic E-state index is 4.13. The molecule has 0 saturated carbocycles. The zero-order valence-electron chi connectivity index (χ0n) is 10.9. The van der Waals surface area contributed by atoms with Crippen LogP contribution in [0, 0.1) is 0 Å². The molecular formula is C14H19N3S. The first-order valence-corrected chi connectivity index (χ1v) is 7.29.